The number of rotatable bonds is 9. The Morgan fingerprint density at radius 2 is 0.744 bits per heavy atom. The van der Waals surface area contributed by atoms with Crippen LogP contribution in [-0.2, 0) is 19.1 Å². The minimum absolute atomic E-state index is 0.00417. The molecule has 2 spiro atoms. The largest absolute Gasteiger partial charge is 0.417 e. The van der Waals surface area contributed by atoms with Gasteiger partial charge in [0.1, 0.15) is 24.9 Å². The van der Waals surface area contributed by atoms with Gasteiger partial charge in [-0.25, -0.2) is 22.0 Å². The van der Waals surface area contributed by atoms with E-state index in [2.05, 4.69) is 270 Å². The SMILES string of the molecule is Brc1nnc(N2CC3CC(C2)O3)s1.CC1(O)CCN(c2nnc(Br)s2)CC1.C[C@@]1(O)CCN(c2nnc(Br)s2)C[C@@H]1F.FC1(F)CN(c2nnc(Br)s2)CCO1.O=C1CC2(CN1)CN(c1nnc(Br)s1)C2.O=C1NCCC12CN(c1nnc(Br)s1)C2.OC1(C(F)(F)F)CCN(c2nnc(Br)s2)CC1.O[C@@H]1CCN(c2nnc(Br)s2)CC1(F)F.O[C@H]1CCN(c2nnc(Br)s2)CC1(F)F. The van der Waals surface area contributed by atoms with Gasteiger partial charge in [-0.2, -0.15) is 22.0 Å². The fourth-order valence-electron chi connectivity index (χ4n) is 14.9. The number of ether oxygens (including phenoxy) is 2. The molecule has 13 fully saturated rings. The summed E-state index contributed by atoms with van der Waals surface area (Å²) in [5, 5.41) is 129. The predicted molar refractivity (Wildman–Crippen MR) is 514 cm³/mol. The zero-order chi connectivity index (χ0) is 96.0. The highest BCUT2D eigenvalue weighted by atomic mass is 79.9. The Labute approximate surface area is 862 Å². The van der Waals surface area contributed by atoms with E-state index in [0.29, 0.717) is 96.5 Å². The number of alkyl halides is 10. The third-order valence-electron chi connectivity index (χ3n) is 22.4. The van der Waals surface area contributed by atoms with Crippen LogP contribution in [0, 0.1) is 10.8 Å². The van der Waals surface area contributed by atoms with Crippen LogP contribution in [0.3, 0.4) is 0 Å². The first-order chi connectivity index (χ1) is 62.6. The molecule has 133 heavy (non-hydrogen) atoms. The van der Waals surface area contributed by atoms with Crippen molar-refractivity contribution in [2.75, 3.05) is 182 Å². The number of nitrogens with zero attached hydrogens (tertiary/aromatic N) is 27. The maximum absolute atomic E-state index is 13.6. The molecule has 2 unspecified atom stereocenters. The van der Waals surface area contributed by atoms with E-state index in [0.717, 1.165) is 121 Å². The first-order valence-corrected chi connectivity index (χ1v) is 54.5. The Kier molecular flexibility index (Phi) is 36.5. The summed E-state index contributed by atoms with van der Waals surface area (Å²) in [4.78, 5) is 39.3. The van der Waals surface area contributed by atoms with Crippen LogP contribution in [0.2, 0.25) is 0 Å². The van der Waals surface area contributed by atoms with Gasteiger partial charge in [-0.1, -0.05) is 102 Å². The molecule has 0 radical (unpaired) electrons. The number of fused-ring (bicyclic) bond motifs is 2. The molecule has 7 N–H and O–H groups in total. The number of morpholine rings is 2. The number of anilines is 9. The van der Waals surface area contributed by atoms with E-state index in [9.17, 15) is 68.8 Å². The molecule has 6 atom stereocenters. The van der Waals surface area contributed by atoms with E-state index in [4.69, 9.17) is 14.9 Å². The molecule has 22 heterocycles. The number of aliphatic hydroxyl groups is 5. The summed E-state index contributed by atoms with van der Waals surface area (Å²) in [7, 11) is 0. The van der Waals surface area contributed by atoms with Crippen molar-refractivity contribution < 1.29 is 88.5 Å². The molecular weight excluding hydrogens is 2550 g/mol. The first-order valence-electron chi connectivity index (χ1n) is 40.0. The molecule has 0 aromatic carbocycles. The van der Waals surface area contributed by atoms with Gasteiger partial charge in [0, 0.05) is 136 Å². The maximum Gasteiger partial charge on any atom is 0.417 e. The quantitative estimate of drug-likeness (QED) is 0.0660. The first kappa shape index (κ1) is 107. The normalized spacial score (nSPS) is 24.8. The average Bonchev–Trinajstić information content (AvgIpc) is 1.64. The van der Waals surface area contributed by atoms with Gasteiger partial charge < -0.3 is 89.7 Å². The highest BCUT2D eigenvalue weighted by molar-refractivity contribution is 9.12. The van der Waals surface area contributed by atoms with Gasteiger partial charge in [0.15, 0.2) is 40.9 Å². The van der Waals surface area contributed by atoms with Crippen molar-refractivity contribution in [3.05, 3.63) is 35.3 Å². The molecule has 0 aliphatic carbocycles. The van der Waals surface area contributed by atoms with Gasteiger partial charge in [0.2, 0.25) is 58.0 Å². The second-order valence-corrected chi connectivity index (χ2v) is 52.5. The highest BCUT2D eigenvalue weighted by Crippen LogP contribution is 2.46. The van der Waals surface area contributed by atoms with E-state index in [1.165, 1.54) is 119 Å². The second-order valence-electron chi connectivity index (χ2n) is 32.4. The summed E-state index contributed by atoms with van der Waals surface area (Å²) in [5.74, 6) is -5.78. The lowest BCUT2D eigenvalue weighted by Crippen LogP contribution is -2.59. The Morgan fingerprint density at radius 1 is 0.406 bits per heavy atom. The van der Waals surface area contributed by atoms with Crippen LogP contribution in [0.1, 0.15) is 78.1 Å². The van der Waals surface area contributed by atoms with Gasteiger partial charge in [-0.05, 0) is 196 Å². The van der Waals surface area contributed by atoms with Crippen LogP contribution in [0.5, 0.6) is 0 Å². The molecule has 734 valence electrons. The lowest BCUT2D eigenvalue weighted by molar-refractivity contribution is -0.266. The Hall–Kier alpha value is -3.48. The van der Waals surface area contributed by atoms with Crippen LogP contribution < -0.4 is 54.7 Å². The molecular formula is C67H80Br9F10N29O9S9. The number of halogens is 19. The molecule has 22 rings (SSSR count). The summed E-state index contributed by atoms with van der Waals surface area (Å²) >= 11 is 41.3. The van der Waals surface area contributed by atoms with Crippen LogP contribution >= 0.6 is 245 Å². The van der Waals surface area contributed by atoms with Crippen molar-refractivity contribution in [2.45, 2.75) is 150 Å². The van der Waals surface area contributed by atoms with E-state index in [-0.39, 0.29) is 74.6 Å². The second kappa shape index (κ2) is 45.4. The van der Waals surface area contributed by atoms with Crippen LogP contribution in [0.4, 0.5) is 90.1 Å². The van der Waals surface area contributed by atoms with Crippen molar-refractivity contribution in [3.8, 4) is 0 Å². The summed E-state index contributed by atoms with van der Waals surface area (Å²) < 4.78 is 146. The summed E-state index contributed by atoms with van der Waals surface area (Å²) in [5.41, 5.74) is -4.25. The monoisotopic (exact) mass is 2620 g/mol. The van der Waals surface area contributed by atoms with Crippen molar-refractivity contribution in [1.29, 1.82) is 0 Å². The van der Waals surface area contributed by atoms with E-state index >= 15 is 0 Å². The zero-order valence-corrected chi connectivity index (χ0v) is 90.7. The fraction of sp³-hybridized carbons (Fsp3) is 0.701. The van der Waals surface area contributed by atoms with E-state index in [1.54, 1.807) is 16.2 Å². The molecule has 2 bridgehead atoms. The van der Waals surface area contributed by atoms with Crippen molar-refractivity contribution in [3.63, 3.8) is 0 Å². The standard InChI is InChI=1S/C8H9BrF3N3OS.C8H11BrFN3OS.2C8H9BrN4OS.C8H12BrN3OS.2C7H8BrF2N3OS.C7H8BrN3OS.C6H6BrF2N3OS/c9-5-13-14-6(17-5)15-3-1-7(16,2-4-15)8(10,11)12;1-8(14)2-3-13(4-5(8)10)7-12-11-6(9)15-7;9-6-11-12-7(15-6)13-3-8(4-13)1-5(14)10-2-8;9-6-11-12-7(15-6)13-3-8(4-13)1-2-10-5(8)14;1-8(13)2-4-12(5-3-8)7-11-10-6(9)14-7;2*8-5-11-12-6(15-5)13-2-1-4(14)7(9,10)3-13;8-6-9-10-7(13-6)11-2-4-1-5(3-11)12-4;7-4-10-11-5(14-4)12-1-2-13-6(8,9)3-12/h16H,1-4H2;5,14H,2-4H2,1H3;2*1-4H2,(H,10,14);13H,2-5H2,1H3;2*4,14H,1-3H2;4-5H,1-3H2;1-3H2/t;5-,8+;;;;2*4-;;/m.0...10../s1. The smallest absolute Gasteiger partial charge is 0.390 e. The molecule has 2 amide bonds. The summed E-state index contributed by atoms with van der Waals surface area (Å²) in [6.07, 6.45) is -6.90. The van der Waals surface area contributed by atoms with E-state index in [1.807, 2.05) is 11.8 Å². The van der Waals surface area contributed by atoms with Gasteiger partial charge in [0.25, 0.3) is 11.8 Å². The number of aliphatic hydroxyl groups excluding tert-OH is 2. The minimum Gasteiger partial charge on any atom is -0.390 e. The van der Waals surface area contributed by atoms with Crippen LogP contribution in [-0.4, -0.2) is 338 Å². The zero-order valence-electron chi connectivity index (χ0n) is 69.1. The fourth-order valence-corrected chi connectivity index (χ4v) is 24.9. The third kappa shape index (κ3) is 29.0. The molecule has 13 saturated heterocycles. The number of nitrogens with one attached hydrogen (secondary N) is 2. The van der Waals surface area contributed by atoms with Gasteiger partial charge >= 0.3 is 12.3 Å². The molecule has 9 aromatic rings. The molecule has 66 heteroatoms. The Morgan fingerprint density at radius 3 is 1.07 bits per heavy atom. The maximum atomic E-state index is 13.6. The lowest BCUT2D eigenvalue weighted by Gasteiger charge is -2.46. The van der Waals surface area contributed by atoms with E-state index < -0.39 is 78.9 Å². The minimum atomic E-state index is -4.57. The van der Waals surface area contributed by atoms with Crippen LogP contribution in [0.25, 0.3) is 0 Å². The number of hydrogen-bond donors (Lipinski definition) is 7. The van der Waals surface area contributed by atoms with Crippen molar-refractivity contribution in [2.24, 2.45) is 10.8 Å². The molecule has 13 aliphatic heterocycles. The van der Waals surface area contributed by atoms with Crippen molar-refractivity contribution in [1.82, 2.24) is 102 Å². The Bertz CT molecular complexity index is 5220. The molecule has 38 nitrogen and oxygen atoms in total. The summed E-state index contributed by atoms with van der Waals surface area (Å²) in [6, 6.07) is 0. The number of hydrogen-bond acceptors (Lipinski definition) is 45. The number of aromatic nitrogens is 18. The van der Waals surface area contributed by atoms with Crippen molar-refractivity contribution >= 4 is 303 Å². The number of piperidine rings is 6. The average molecular weight is 2630 g/mol. The number of carbonyl (C=O) groups is 2. The predicted octanol–water partition coefficient (Wildman–Crippen LogP) is 12.7. The topological polar surface area (TPSA) is 439 Å². The molecule has 13 aliphatic rings. The summed E-state index contributed by atoms with van der Waals surface area (Å²) in [6.45, 7) is 12.8. The molecule has 9 aromatic heterocycles. The highest BCUT2D eigenvalue weighted by Gasteiger charge is 2.56. The Balaban J connectivity index is 0.000000127. The number of amides is 2. The van der Waals surface area contributed by atoms with Gasteiger partial charge in [0.05, 0.1) is 55.1 Å². The molecule has 0 saturated carbocycles. The number of carbonyl (C=O) groups excluding carboxylic acids is 2. The van der Waals surface area contributed by atoms with Gasteiger partial charge in [-0.3, -0.25) is 9.59 Å². The van der Waals surface area contributed by atoms with Crippen LogP contribution in [0.15, 0.2) is 35.3 Å². The third-order valence-corrected chi connectivity index (χ3v) is 35.1. The van der Waals surface area contributed by atoms with Gasteiger partial charge in [-0.15, -0.1) is 91.8 Å². The lowest BCUT2D eigenvalue weighted by atomic mass is 9.79.